The second kappa shape index (κ2) is 3.41. The lowest BCUT2D eigenvalue weighted by atomic mass is 10.3. The molecule has 72 valence electrons. The van der Waals surface area contributed by atoms with E-state index in [1.165, 1.54) is 0 Å². The van der Waals surface area contributed by atoms with Crippen LogP contribution in [0.5, 0.6) is 0 Å². The van der Waals surface area contributed by atoms with Gasteiger partial charge in [-0.15, -0.1) is 0 Å². The van der Waals surface area contributed by atoms with E-state index in [9.17, 15) is 4.79 Å². The molecule has 0 bridgehead atoms. The first-order valence-corrected chi connectivity index (χ1v) is 4.27. The maximum absolute atomic E-state index is 11.0. The van der Waals surface area contributed by atoms with Crippen LogP contribution in [0, 0.1) is 0 Å². The van der Waals surface area contributed by atoms with Crippen molar-refractivity contribution in [3.8, 4) is 0 Å². The van der Waals surface area contributed by atoms with Crippen LogP contribution in [-0.4, -0.2) is 6.09 Å². The maximum Gasteiger partial charge on any atom is 0.431 e. The van der Waals surface area contributed by atoms with Crippen LogP contribution >= 0.6 is 0 Å². The van der Waals surface area contributed by atoms with E-state index in [0.717, 1.165) is 5.69 Å². The van der Waals surface area contributed by atoms with Crippen molar-refractivity contribution in [1.29, 1.82) is 0 Å². The lowest BCUT2D eigenvalue weighted by Crippen LogP contribution is -2.42. The molecule has 0 aliphatic carbocycles. The van der Waals surface area contributed by atoms with Gasteiger partial charge < -0.3 is 4.74 Å². The van der Waals surface area contributed by atoms with Crippen LogP contribution in [0.15, 0.2) is 42.3 Å². The molecule has 0 spiro atoms. The molecule has 1 amide bonds. The predicted octanol–water partition coefficient (Wildman–Crippen LogP) is 2.01. The van der Waals surface area contributed by atoms with Gasteiger partial charge in [0.05, 0.1) is 11.9 Å². The monoisotopic (exact) mass is 190 g/mol. The van der Waals surface area contributed by atoms with Gasteiger partial charge in [0.1, 0.15) is 5.76 Å². The molecule has 1 heterocycles. The molecule has 1 aliphatic rings. The highest BCUT2D eigenvalue weighted by atomic mass is 16.6. The molecule has 1 N–H and O–H groups in total. The lowest BCUT2D eigenvalue weighted by molar-refractivity contribution is 0.170. The van der Waals surface area contributed by atoms with Crippen molar-refractivity contribution in [2.75, 3.05) is 5.01 Å². The molecule has 0 aromatic heterocycles. The average molecular weight is 190 g/mol. The number of hydrogen-bond acceptors (Lipinski definition) is 3. The third kappa shape index (κ3) is 1.69. The number of hydrazine groups is 1. The van der Waals surface area contributed by atoms with Gasteiger partial charge >= 0.3 is 6.09 Å². The highest BCUT2D eigenvalue weighted by Crippen LogP contribution is 2.15. The summed E-state index contributed by atoms with van der Waals surface area (Å²) in [4.78, 5) is 11.0. The van der Waals surface area contributed by atoms with Crippen LogP contribution in [0.4, 0.5) is 10.5 Å². The van der Waals surface area contributed by atoms with Gasteiger partial charge in [0.25, 0.3) is 0 Å². The number of cyclic esters (lactones) is 1. The predicted molar refractivity (Wildman–Crippen MR) is 52.3 cm³/mol. The number of allylic oxidation sites excluding steroid dienone is 1. The largest absolute Gasteiger partial charge is 0.431 e. The van der Waals surface area contributed by atoms with Gasteiger partial charge in [-0.05, 0) is 19.1 Å². The molecule has 4 nitrogen and oxygen atoms in total. The number of nitrogens with one attached hydrogen (secondary N) is 1. The fraction of sp³-hybridized carbons (Fsp3) is 0.100. The van der Waals surface area contributed by atoms with Gasteiger partial charge in [-0.1, -0.05) is 18.2 Å². The van der Waals surface area contributed by atoms with Crippen LogP contribution in [-0.2, 0) is 4.74 Å². The molecule has 2 rings (SSSR count). The number of para-hydroxylation sites is 1. The lowest BCUT2D eigenvalue weighted by Gasteiger charge is -2.25. The molecule has 0 atom stereocenters. The van der Waals surface area contributed by atoms with E-state index < -0.39 is 6.09 Å². The number of amides is 1. The van der Waals surface area contributed by atoms with Gasteiger partial charge in [-0.2, -0.15) is 0 Å². The SMILES string of the molecule is CC1=CN(c2ccccc2)NC(=O)O1. The summed E-state index contributed by atoms with van der Waals surface area (Å²) in [5.41, 5.74) is 3.45. The number of ether oxygens (including phenoxy) is 1. The third-order valence-corrected chi connectivity index (χ3v) is 1.81. The summed E-state index contributed by atoms with van der Waals surface area (Å²) in [5.74, 6) is 0.567. The Kier molecular flexibility index (Phi) is 2.10. The fourth-order valence-electron chi connectivity index (χ4n) is 1.24. The van der Waals surface area contributed by atoms with Crippen LogP contribution in [0.3, 0.4) is 0 Å². The molecule has 1 aromatic rings. The van der Waals surface area contributed by atoms with Crippen molar-refractivity contribution in [2.45, 2.75) is 6.92 Å². The molecule has 0 radical (unpaired) electrons. The first kappa shape index (κ1) is 8.62. The molecule has 1 aromatic carbocycles. The number of carbonyl (C=O) groups excluding carboxylic acids is 1. The number of hydrogen-bond donors (Lipinski definition) is 1. The van der Waals surface area contributed by atoms with Gasteiger partial charge in [0.2, 0.25) is 0 Å². The zero-order chi connectivity index (χ0) is 9.97. The van der Waals surface area contributed by atoms with Gasteiger partial charge in [0.15, 0.2) is 0 Å². The molecule has 0 saturated heterocycles. The minimum absolute atomic E-state index is 0.464. The summed E-state index contributed by atoms with van der Waals surface area (Å²) in [5, 5.41) is 1.63. The Balaban J connectivity index is 2.28. The van der Waals surface area contributed by atoms with Crippen molar-refractivity contribution >= 4 is 11.8 Å². The molecular weight excluding hydrogens is 180 g/mol. The van der Waals surface area contributed by atoms with Crippen LogP contribution in [0.1, 0.15) is 6.92 Å². The number of rotatable bonds is 1. The first-order valence-electron chi connectivity index (χ1n) is 4.27. The minimum atomic E-state index is -0.464. The topological polar surface area (TPSA) is 41.6 Å². The Hall–Kier alpha value is -1.97. The number of anilines is 1. The Labute approximate surface area is 81.8 Å². The van der Waals surface area contributed by atoms with Crippen molar-refractivity contribution in [2.24, 2.45) is 0 Å². The summed E-state index contributed by atoms with van der Waals surface area (Å²) in [6.07, 6.45) is 1.25. The first-order chi connectivity index (χ1) is 6.75. The summed E-state index contributed by atoms with van der Waals surface area (Å²) in [6, 6.07) is 9.52. The Bertz CT molecular complexity index is 373. The highest BCUT2D eigenvalue weighted by molar-refractivity contribution is 5.73. The van der Waals surface area contributed by atoms with Crippen LogP contribution in [0.25, 0.3) is 0 Å². The van der Waals surface area contributed by atoms with Gasteiger partial charge in [-0.3, -0.25) is 5.01 Å². The second-order valence-electron chi connectivity index (χ2n) is 2.95. The van der Waals surface area contributed by atoms with Gasteiger partial charge in [-0.25, -0.2) is 10.2 Å². The Morgan fingerprint density at radius 1 is 1.29 bits per heavy atom. The standard InChI is InChI=1S/C10H10N2O2/c1-8-7-12(11-10(13)14-8)9-5-3-2-4-6-9/h2-7H,1H3,(H,11,13). The van der Waals surface area contributed by atoms with E-state index in [1.54, 1.807) is 18.1 Å². The van der Waals surface area contributed by atoms with E-state index in [2.05, 4.69) is 5.43 Å². The smallest absolute Gasteiger partial charge is 0.412 e. The van der Waals surface area contributed by atoms with E-state index in [0.29, 0.717) is 5.76 Å². The number of carbonyl (C=O) groups is 1. The normalized spacial score (nSPS) is 15.6. The molecule has 1 aliphatic heterocycles. The van der Waals surface area contributed by atoms with E-state index in [1.807, 2.05) is 30.3 Å². The quantitative estimate of drug-likeness (QED) is 0.736. The maximum atomic E-state index is 11.0. The molecule has 14 heavy (non-hydrogen) atoms. The van der Waals surface area contributed by atoms with Gasteiger partial charge in [0, 0.05) is 0 Å². The minimum Gasteiger partial charge on any atom is -0.412 e. The van der Waals surface area contributed by atoms with Crippen molar-refractivity contribution in [1.82, 2.24) is 5.43 Å². The molecular formula is C10H10N2O2. The summed E-state index contributed by atoms with van der Waals surface area (Å²) >= 11 is 0. The Morgan fingerprint density at radius 2 is 2.00 bits per heavy atom. The van der Waals surface area contributed by atoms with E-state index in [4.69, 9.17) is 4.74 Å². The van der Waals surface area contributed by atoms with Crippen molar-refractivity contribution in [3.05, 3.63) is 42.3 Å². The zero-order valence-corrected chi connectivity index (χ0v) is 7.73. The third-order valence-electron chi connectivity index (χ3n) is 1.81. The van der Waals surface area contributed by atoms with E-state index >= 15 is 0 Å². The summed E-state index contributed by atoms with van der Waals surface area (Å²) < 4.78 is 4.81. The van der Waals surface area contributed by atoms with Crippen LogP contribution < -0.4 is 10.4 Å². The summed E-state index contributed by atoms with van der Waals surface area (Å²) in [7, 11) is 0. The van der Waals surface area contributed by atoms with E-state index in [-0.39, 0.29) is 0 Å². The second-order valence-corrected chi connectivity index (χ2v) is 2.95. The molecule has 0 fully saturated rings. The molecule has 4 heteroatoms. The molecule has 0 unspecified atom stereocenters. The molecule has 0 saturated carbocycles. The summed E-state index contributed by atoms with van der Waals surface area (Å²) in [6.45, 7) is 1.73. The average Bonchev–Trinajstić information content (AvgIpc) is 2.18. The highest BCUT2D eigenvalue weighted by Gasteiger charge is 2.15. The zero-order valence-electron chi connectivity index (χ0n) is 7.73. The van der Waals surface area contributed by atoms with Crippen molar-refractivity contribution < 1.29 is 9.53 Å². The number of nitrogens with zero attached hydrogens (tertiary/aromatic N) is 1. The number of benzene rings is 1. The van der Waals surface area contributed by atoms with Crippen molar-refractivity contribution in [3.63, 3.8) is 0 Å². The van der Waals surface area contributed by atoms with Crippen LogP contribution in [0.2, 0.25) is 0 Å². The Morgan fingerprint density at radius 3 is 2.64 bits per heavy atom. The fourth-order valence-corrected chi connectivity index (χ4v) is 1.24.